The number of carbonyl (C=O) groups is 1. The van der Waals surface area contributed by atoms with Crippen LogP contribution in [0.1, 0.15) is 12.5 Å². The number of nitrogens with zero attached hydrogens (tertiary/aromatic N) is 1. The first-order valence-corrected chi connectivity index (χ1v) is 7.21. The van der Waals surface area contributed by atoms with E-state index in [-0.39, 0.29) is 0 Å². The Hall–Kier alpha value is -2.00. The minimum absolute atomic E-state index is 0.440. The van der Waals surface area contributed by atoms with Crippen LogP contribution in [0.2, 0.25) is 5.02 Å². The smallest absolute Gasteiger partial charge is 0.308 e. The fraction of sp³-hybridized carbons (Fsp3) is 0.235. The van der Waals surface area contributed by atoms with Gasteiger partial charge in [0.15, 0.2) is 0 Å². The molecule has 0 aromatic heterocycles. The topological polar surface area (TPSA) is 40.5 Å². The van der Waals surface area contributed by atoms with Gasteiger partial charge in [-0.2, -0.15) is 0 Å². The maximum absolute atomic E-state index is 11.1. The second-order valence-electron chi connectivity index (χ2n) is 5.08. The van der Waals surface area contributed by atoms with Crippen molar-refractivity contribution in [3.8, 4) is 0 Å². The van der Waals surface area contributed by atoms with Crippen molar-refractivity contribution >= 4 is 23.3 Å². The monoisotopic (exact) mass is 303 g/mol. The third-order valence-electron chi connectivity index (χ3n) is 3.32. The van der Waals surface area contributed by atoms with Crippen molar-refractivity contribution in [2.24, 2.45) is 5.92 Å². The van der Waals surface area contributed by atoms with Gasteiger partial charge >= 0.3 is 5.97 Å². The van der Waals surface area contributed by atoms with E-state index in [0.717, 1.165) is 11.3 Å². The Morgan fingerprint density at radius 2 is 1.76 bits per heavy atom. The average Bonchev–Trinajstić information content (AvgIpc) is 2.48. The predicted molar refractivity (Wildman–Crippen MR) is 85.7 cm³/mol. The third kappa shape index (κ3) is 4.50. The second-order valence-corrected chi connectivity index (χ2v) is 5.52. The van der Waals surface area contributed by atoms with E-state index in [1.807, 2.05) is 54.6 Å². The van der Waals surface area contributed by atoms with Crippen LogP contribution in [-0.2, 0) is 11.3 Å². The molecular weight excluding hydrogens is 286 g/mol. The fourth-order valence-corrected chi connectivity index (χ4v) is 2.25. The zero-order valence-corrected chi connectivity index (χ0v) is 12.6. The Morgan fingerprint density at radius 3 is 2.33 bits per heavy atom. The maximum Gasteiger partial charge on any atom is 0.308 e. The van der Waals surface area contributed by atoms with E-state index in [0.29, 0.717) is 18.1 Å². The lowest BCUT2D eigenvalue weighted by Gasteiger charge is -2.27. The molecule has 1 atom stereocenters. The van der Waals surface area contributed by atoms with Gasteiger partial charge in [-0.25, -0.2) is 0 Å². The Bertz CT molecular complexity index is 583. The summed E-state index contributed by atoms with van der Waals surface area (Å²) in [6.45, 7) is 2.84. The molecule has 4 heteroatoms. The van der Waals surface area contributed by atoms with Crippen LogP contribution in [0.25, 0.3) is 0 Å². The Morgan fingerprint density at radius 1 is 1.14 bits per heavy atom. The molecule has 1 unspecified atom stereocenters. The van der Waals surface area contributed by atoms with Gasteiger partial charge in [0.1, 0.15) is 0 Å². The minimum atomic E-state index is -0.790. The van der Waals surface area contributed by atoms with Gasteiger partial charge in [0.2, 0.25) is 0 Å². The van der Waals surface area contributed by atoms with Gasteiger partial charge in [-0.15, -0.1) is 0 Å². The quantitative estimate of drug-likeness (QED) is 0.874. The summed E-state index contributed by atoms with van der Waals surface area (Å²) in [4.78, 5) is 13.2. The van der Waals surface area contributed by atoms with Crippen LogP contribution in [0.4, 0.5) is 5.69 Å². The summed E-state index contributed by atoms with van der Waals surface area (Å²) in [5.41, 5.74) is 2.11. The highest BCUT2D eigenvalue weighted by atomic mass is 35.5. The predicted octanol–water partition coefficient (Wildman–Crippen LogP) is 4.07. The van der Waals surface area contributed by atoms with E-state index in [1.165, 1.54) is 0 Å². The van der Waals surface area contributed by atoms with Crippen molar-refractivity contribution in [1.82, 2.24) is 0 Å². The number of rotatable bonds is 6. The fourth-order valence-electron chi connectivity index (χ4n) is 2.13. The summed E-state index contributed by atoms with van der Waals surface area (Å²) in [6.07, 6.45) is 0. The van der Waals surface area contributed by atoms with Crippen molar-refractivity contribution < 1.29 is 9.90 Å². The van der Waals surface area contributed by atoms with Crippen molar-refractivity contribution in [3.05, 3.63) is 65.2 Å². The third-order valence-corrected chi connectivity index (χ3v) is 3.58. The summed E-state index contributed by atoms with van der Waals surface area (Å²) < 4.78 is 0. The summed E-state index contributed by atoms with van der Waals surface area (Å²) in [7, 11) is 0. The average molecular weight is 304 g/mol. The molecular formula is C17H18ClNO2. The van der Waals surface area contributed by atoms with Gasteiger partial charge in [0.25, 0.3) is 0 Å². The molecule has 0 aliphatic rings. The molecule has 0 amide bonds. The Labute approximate surface area is 129 Å². The SMILES string of the molecule is CC(CN(Cc1ccccc1)c1ccc(Cl)cc1)C(=O)O. The van der Waals surface area contributed by atoms with Gasteiger partial charge in [-0.1, -0.05) is 48.9 Å². The molecule has 0 aliphatic heterocycles. The molecule has 0 saturated carbocycles. The van der Waals surface area contributed by atoms with Gasteiger partial charge in [-0.05, 0) is 29.8 Å². The van der Waals surface area contributed by atoms with Crippen molar-refractivity contribution in [2.75, 3.05) is 11.4 Å². The highest BCUT2D eigenvalue weighted by Gasteiger charge is 2.17. The highest BCUT2D eigenvalue weighted by molar-refractivity contribution is 6.30. The number of anilines is 1. The lowest BCUT2D eigenvalue weighted by atomic mass is 10.1. The summed E-state index contributed by atoms with van der Waals surface area (Å²) in [5.74, 6) is -1.23. The molecule has 21 heavy (non-hydrogen) atoms. The molecule has 0 spiro atoms. The van der Waals surface area contributed by atoms with Crippen LogP contribution >= 0.6 is 11.6 Å². The molecule has 1 N–H and O–H groups in total. The second kappa shape index (κ2) is 7.14. The van der Waals surface area contributed by atoms with Crippen LogP contribution in [0.3, 0.4) is 0 Å². The lowest BCUT2D eigenvalue weighted by molar-refractivity contribution is -0.140. The van der Waals surface area contributed by atoms with Gasteiger partial charge in [-0.3, -0.25) is 4.79 Å². The molecule has 0 heterocycles. The largest absolute Gasteiger partial charge is 0.481 e. The highest BCUT2D eigenvalue weighted by Crippen LogP contribution is 2.21. The minimum Gasteiger partial charge on any atom is -0.481 e. The molecule has 0 saturated heterocycles. The molecule has 0 radical (unpaired) electrons. The number of hydrogen-bond acceptors (Lipinski definition) is 2. The van der Waals surface area contributed by atoms with Crippen molar-refractivity contribution in [2.45, 2.75) is 13.5 Å². The van der Waals surface area contributed by atoms with Crippen LogP contribution in [0, 0.1) is 5.92 Å². The van der Waals surface area contributed by atoms with Crippen LogP contribution in [-0.4, -0.2) is 17.6 Å². The normalized spacial score (nSPS) is 11.9. The zero-order chi connectivity index (χ0) is 15.2. The van der Waals surface area contributed by atoms with Crippen LogP contribution < -0.4 is 4.90 Å². The summed E-state index contributed by atoms with van der Waals surface area (Å²) >= 11 is 5.92. The summed E-state index contributed by atoms with van der Waals surface area (Å²) in [5, 5.41) is 9.81. The van der Waals surface area contributed by atoms with E-state index >= 15 is 0 Å². The standard InChI is InChI=1S/C17H18ClNO2/c1-13(17(20)21)11-19(12-14-5-3-2-4-6-14)16-9-7-15(18)8-10-16/h2-10,13H,11-12H2,1H3,(H,20,21). The molecule has 2 aromatic carbocycles. The van der Waals surface area contributed by atoms with Crippen LogP contribution in [0.5, 0.6) is 0 Å². The Balaban J connectivity index is 2.21. The number of carboxylic acids is 1. The number of carboxylic acid groups (broad SMARTS) is 1. The molecule has 3 nitrogen and oxygen atoms in total. The molecule has 0 fully saturated rings. The molecule has 0 aliphatic carbocycles. The first-order chi connectivity index (χ1) is 10.1. The van der Waals surface area contributed by atoms with E-state index in [9.17, 15) is 4.79 Å². The zero-order valence-electron chi connectivity index (χ0n) is 11.9. The van der Waals surface area contributed by atoms with Gasteiger partial charge in [0.05, 0.1) is 5.92 Å². The van der Waals surface area contributed by atoms with E-state index < -0.39 is 11.9 Å². The Kier molecular flexibility index (Phi) is 5.23. The number of benzene rings is 2. The van der Waals surface area contributed by atoms with Gasteiger partial charge in [0, 0.05) is 23.8 Å². The summed E-state index contributed by atoms with van der Waals surface area (Å²) in [6, 6.07) is 17.5. The van der Waals surface area contributed by atoms with Crippen molar-refractivity contribution in [1.29, 1.82) is 0 Å². The van der Waals surface area contributed by atoms with Crippen molar-refractivity contribution in [3.63, 3.8) is 0 Å². The van der Waals surface area contributed by atoms with Crippen LogP contribution in [0.15, 0.2) is 54.6 Å². The maximum atomic E-state index is 11.1. The molecule has 2 aromatic rings. The number of halogens is 1. The molecule has 0 bridgehead atoms. The number of aliphatic carboxylic acids is 1. The number of hydrogen-bond donors (Lipinski definition) is 1. The van der Waals surface area contributed by atoms with E-state index in [4.69, 9.17) is 16.7 Å². The first-order valence-electron chi connectivity index (χ1n) is 6.83. The molecule has 110 valence electrons. The first kappa shape index (κ1) is 15.4. The molecule has 2 rings (SSSR count). The van der Waals surface area contributed by atoms with E-state index in [2.05, 4.69) is 4.90 Å². The van der Waals surface area contributed by atoms with E-state index in [1.54, 1.807) is 6.92 Å². The lowest BCUT2D eigenvalue weighted by Crippen LogP contribution is -2.31. The van der Waals surface area contributed by atoms with Gasteiger partial charge < -0.3 is 10.0 Å².